The van der Waals surface area contributed by atoms with Crippen molar-refractivity contribution in [1.82, 2.24) is 4.90 Å². The van der Waals surface area contributed by atoms with Gasteiger partial charge < -0.3 is 10.0 Å². The van der Waals surface area contributed by atoms with Crippen molar-refractivity contribution in [2.45, 2.75) is 25.9 Å². The molecule has 17 heavy (non-hydrogen) atoms. The van der Waals surface area contributed by atoms with E-state index in [1.807, 2.05) is 0 Å². The second-order valence-electron chi connectivity index (χ2n) is 4.35. The lowest BCUT2D eigenvalue weighted by atomic mass is 10.0. The van der Waals surface area contributed by atoms with Gasteiger partial charge in [0, 0.05) is 20.5 Å². The normalized spacial score (nSPS) is 12.3. The van der Waals surface area contributed by atoms with Crippen molar-refractivity contribution in [3.8, 4) is 0 Å². The number of rotatable bonds is 4. The fourth-order valence-corrected chi connectivity index (χ4v) is 1.53. The number of aryl methyl sites for hydroxylation is 1. The molecule has 4 heteroatoms. The van der Waals surface area contributed by atoms with Crippen molar-refractivity contribution in [1.29, 1.82) is 0 Å². The number of nitrogens with zero attached hydrogens (tertiary/aromatic N) is 1. The molecule has 1 unspecified atom stereocenters. The molecular weight excluding hydrogens is 221 g/mol. The second kappa shape index (κ2) is 5.77. The van der Waals surface area contributed by atoms with Gasteiger partial charge in [-0.1, -0.05) is 12.1 Å². The van der Waals surface area contributed by atoms with E-state index in [0.717, 1.165) is 0 Å². The van der Waals surface area contributed by atoms with Crippen LogP contribution in [-0.4, -0.2) is 30.0 Å². The summed E-state index contributed by atoms with van der Waals surface area (Å²) in [5.41, 5.74) is 1.15. The molecule has 0 bridgehead atoms. The predicted octanol–water partition coefficient (Wildman–Crippen LogP) is 2.04. The highest BCUT2D eigenvalue weighted by Gasteiger charge is 2.12. The Balaban J connectivity index is 2.61. The van der Waals surface area contributed by atoms with Gasteiger partial charge in [0.2, 0.25) is 5.91 Å². The highest BCUT2D eigenvalue weighted by atomic mass is 19.1. The molecule has 1 aromatic rings. The first-order valence-corrected chi connectivity index (χ1v) is 5.56. The zero-order valence-corrected chi connectivity index (χ0v) is 10.4. The molecule has 0 aliphatic carbocycles. The molecule has 0 heterocycles. The zero-order valence-electron chi connectivity index (χ0n) is 10.4. The van der Waals surface area contributed by atoms with Gasteiger partial charge >= 0.3 is 0 Å². The molecule has 1 amide bonds. The van der Waals surface area contributed by atoms with Gasteiger partial charge in [0.25, 0.3) is 0 Å². The Labute approximate surface area is 101 Å². The quantitative estimate of drug-likeness (QED) is 0.873. The molecule has 1 N–H and O–H groups in total. The van der Waals surface area contributed by atoms with E-state index in [1.165, 1.54) is 11.0 Å². The minimum Gasteiger partial charge on any atom is -0.388 e. The van der Waals surface area contributed by atoms with Crippen molar-refractivity contribution >= 4 is 5.91 Å². The first-order valence-electron chi connectivity index (χ1n) is 5.56. The van der Waals surface area contributed by atoms with Crippen LogP contribution in [0, 0.1) is 12.7 Å². The van der Waals surface area contributed by atoms with Gasteiger partial charge in [-0.05, 0) is 30.5 Å². The number of hydrogen-bond acceptors (Lipinski definition) is 2. The summed E-state index contributed by atoms with van der Waals surface area (Å²) in [5.74, 6) is -0.312. The Bertz CT molecular complexity index is 404. The first-order chi connectivity index (χ1) is 7.91. The van der Waals surface area contributed by atoms with Crippen LogP contribution in [0.3, 0.4) is 0 Å². The number of aliphatic hydroxyl groups is 1. The molecule has 1 atom stereocenters. The van der Waals surface area contributed by atoms with E-state index >= 15 is 0 Å². The monoisotopic (exact) mass is 239 g/mol. The summed E-state index contributed by atoms with van der Waals surface area (Å²) in [6.07, 6.45) is -0.0923. The maximum Gasteiger partial charge on any atom is 0.222 e. The summed E-state index contributed by atoms with van der Waals surface area (Å²) >= 11 is 0. The molecule has 0 radical (unpaired) electrons. The topological polar surface area (TPSA) is 40.5 Å². The number of carbonyl (C=O) groups excluding carboxylic acids is 1. The molecule has 0 saturated heterocycles. The minimum atomic E-state index is -0.724. The van der Waals surface area contributed by atoms with Crippen LogP contribution < -0.4 is 0 Å². The number of carbonyl (C=O) groups is 1. The second-order valence-corrected chi connectivity index (χ2v) is 4.35. The standard InChI is InChI=1S/C13H18FNO2/c1-9-8-10(4-5-11(9)14)12(16)6-7-13(17)15(2)3/h4-5,8,12,16H,6-7H2,1-3H3. The van der Waals surface area contributed by atoms with Crippen LogP contribution >= 0.6 is 0 Å². The highest BCUT2D eigenvalue weighted by molar-refractivity contribution is 5.75. The van der Waals surface area contributed by atoms with Crippen molar-refractivity contribution in [2.75, 3.05) is 14.1 Å². The molecule has 1 rings (SSSR count). The molecule has 0 aliphatic rings. The number of amides is 1. The smallest absolute Gasteiger partial charge is 0.222 e. The number of halogens is 1. The van der Waals surface area contributed by atoms with Crippen LogP contribution in [-0.2, 0) is 4.79 Å². The number of benzene rings is 1. The summed E-state index contributed by atoms with van der Waals surface area (Å²) in [6, 6.07) is 4.49. The fourth-order valence-electron chi connectivity index (χ4n) is 1.53. The van der Waals surface area contributed by atoms with Crippen LogP contribution in [0.5, 0.6) is 0 Å². The van der Waals surface area contributed by atoms with E-state index < -0.39 is 6.10 Å². The molecule has 3 nitrogen and oxygen atoms in total. The molecule has 0 spiro atoms. The number of hydrogen-bond donors (Lipinski definition) is 1. The lowest BCUT2D eigenvalue weighted by Crippen LogP contribution is -2.21. The average molecular weight is 239 g/mol. The van der Waals surface area contributed by atoms with Gasteiger partial charge in [0.1, 0.15) is 5.82 Å². The van der Waals surface area contributed by atoms with Gasteiger partial charge in [0.05, 0.1) is 6.10 Å². The van der Waals surface area contributed by atoms with Crippen LogP contribution in [0.15, 0.2) is 18.2 Å². The Morgan fingerprint density at radius 3 is 2.65 bits per heavy atom. The Kier molecular flexibility index (Phi) is 4.63. The van der Waals surface area contributed by atoms with Gasteiger partial charge in [-0.15, -0.1) is 0 Å². The van der Waals surface area contributed by atoms with Crippen LogP contribution in [0.4, 0.5) is 4.39 Å². The van der Waals surface area contributed by atoms with Gasteiger partial charge in [-0.3, -0.25) is 4.79 Å². The summed E-state index contributed by atoms with van der Waals surface area (Å²) < 4.78 is 13.0. The van der Waals surface area contributed by atoms with E-state index in [4.69, 9.17) is 0 Å². The first kappa shape index (κ1) is 13.6. The number of aliphatic hydroxyl groups excluding tert-OH is 1. The Morgan fingerprint density at radius 2 is 2.12 bits per heavy atom. The van der Waals surface area contributed by atoms with Gasteiger partial charge in [0.15, 0.2) is 0 Å². The molecule has 0 fully saturated rings. The highest BCUT2D eigenvalue weighted by Crippen LogP contribution is 2.20. The molecule has 0 aliphatic heterocycles. The van der Waals surface area contributed by atoms with Crippen molar-refractivity contribution in [3.63, 3.8) is 0 Å². The molecular formula is C13H18FNO2. The van der Waals surface area contributed by atoms with E-state index in [1.54, 1.807) is 33.2 Å². The van der Waals surface area contributed by atoms with Crippen LogP contribution in [0.25, 0.3) is 0 Å². The summed E-state index contributed by atoms with van der Waals surface area (Å²) in [6.45, 7) is 1.65. The summed E-state index contributed by atoms with van der Waals surface area (Å²) in [7, 11) is 3.35. The predicted molar refractivity (Wildman–Crippen MR) is 64.0 cm³/mol. The third-order valence-electron chi connectivity index (χ3n) is 2.70. The average Bonchev–Trinajstić information content (AvgIpc) is 2.28. The van der Waals surface area contributed by atoms with E-state index in [-0.39, 0.29) is 18.1 Å². The summed E-state index contributed by atoms with van der Waals surface area (Å²) in [5, 5.41) is 9.87. The lowest BCUT2D eigenvalue weighted by Gasteiger charge is -2.14. The third kappa shape index (κ3) is 3.82. The lowest BCUT2D eigenvalue weighted by molar-refractivity contribution is -0.129. The largest absolute Gasteiger partial charge is 0.388 e. The van der Waals surface area contributed by atoms with Crippen molar-refractivity contribution in [2.24, 2.45) is 0 Å². The van der Waals surface area contributed by atoms with Crippen molar-refractivity contribution < 1.29 is 14.3 Å². The van der Waals surface area contributed by atoms with Gasteiger partial charge in [-0.2, -0.15) is 0 Å². The molecule has 94 valence electrons. The van der Waals surface area contributed by atoms with Crippen LogP contribution in [0.2, 0.25) is 0 Å². The SMILES string of the molecule is Cc1cc(C(O)CCC(=O)N(C)C)ccc1F. The maximum atomic E-state index is 13.0. The van der Waals surface area contributed by atoms with Crippen LogP contribution in [0.1, 0.15) is 30.1 Å². The fraction of sp³-hybridized carbons (Fsp3) is 0.462. The Hall–Kier alpha value is -1.42. The Morgan fingerprint density at radius 1 is 1.47 bits per heavy atom. The summed E-state index contributed by atoms with van der Waals surface area (Å²) in [4.78, 5) is 12.8. The molecule has 0 aromatic heterocycles. The molecule has 0 saturated carbocycles. The maximum absolute atomic E-state index is 13.0. The zero-order chi connectivity index (χ0) is 13.0. The minimum absolute atomic E-state index is 0.0251. The third-order valence-corrected chi connectivity index (χ3v) is 2.70. The molecule has 1 aromatic carbocycles. The van der Waals surface area contributed by atoms with E-state index in [2.05, 4.69) is 0 Å². The van der Waals surface area contributed by atoms with Gasteiger partial charge in [-0.25, -0.2) is 4.39 Å². The van der Waals surface area contributed by atoms with E-state index in [9.17, 15) is 14.3 Å². The van der Waals surface area contributed by atoms with E-state index in [0.29, 0.717) is 17.5 Å². The van der Waals surface area contributed by atoms with Crippen molar-refractivity contribution in [3.05, 3.63) is 35.1 Å².